The van der Waals surface area contributed by atoms with Gasteiger partial charge in [-0.05, 0) is 29.8 Å². The molecule has 0 bridgehead atoms. The lowest BCUT2D eigenvalue weighted by Crippen LogP contribution is -2.33. The highest BCUT2D eigenvalue weighted by Gasteiger charge is 2.30. The van der Waals surface area contributed by atoms with Crippen molar-refractivity contribution in [3.63, 3.8) is 0 Å². The second-order valence-corrected chi connectivity index (χ2v) is 5.48. The number of hydrogen-bond acceptors (Lipinski definition) is 2. The minimum atomic E-state index is -0.0542. The van der Waals surface area contributed by atoms with Crippen molar-refractivity contribution < 1.29 is 4.79 Å². The van der Waals surface area contributed by atoms with Gasteiger partial charge in [0.05, 0.1) is 0 Å². The molecular formula is C16H18N2OS. The Bertz CT molecular complexity index is 561. The first-order valence-electron chi connectivity index (χ1n) is 6.64. The molecule has 1 aliphatic rings. The van der Waals surface area contributed by atoms with Crippen LogP contribution in [0.3, 0.4) is 0 Å². The van der Waals surface area contributed by atoms with Crippen molar-refractivity contribution in [1.82, 2.24) is 10.2 Å². The summed E-state index contributed by atoms with van der Waals surface area (Å²) in [5.74, 6) is 0.333. The van der Waals surface area contributed by atoms with Crippen LogP contribution in [-0.4, -0.2) is 22.5 Å². The summed E-state index contributed by atoms with van der Waals surface area (Å²) in [5, 5.41) is 3.45. The van der Waals surface area contributed by atoms with Gasteiger partial charge in [0.25, 0.3) is 5.91 Å². The summed E-state index contributed by atoms with van der Waals surface area (Å²) >= 11 is 5.19. The lowest BCUT2D eigenvalue weighted by atomic mass is 10.2. The third kappa shape index (κ3) is 3.54. The summed E-state index contributed by atoms with van der Waals surface area (Å²) in [7, 11) is 0. The number of thiocarbonyl (C=S) groups is 1. The van der Waals surface area contributed by atoms with Gasteiger partial charge in [-0.25, -0.2) is 0 Å². The molecule has 0 aliphatic carbocycles. The molecule has 1 fully saturated rings. The van der Waals surface area contributed by atoms with E-state index >= 15 is 0 Å². The Balaban J connectivity index is 2.07. The van der Waals surface area contributed by atoms with Crippen molar-refractivity contribution >= 4 is 29.3 Å². The highest BCUT2D eigenvalue weighted by Crippen LogP contribution is 2.12. The van der Waals surface area contributed by atoms with Crippen molar-refractivity contribution in [3.05, 3.63) is 53.7 Å². The maximum Gasteiger partial charge on any atom is 0.276 e. The number of carbonyl (C=O) groups excluding carboxylic acids is 1. The van der Waals surface area contributed by atoms with Gasteiger partial charge in [-0.3, -0.25) is 9.69 Å². The fraction of sp³-hybridized carbons (Fsp3) is 0.250. The zero-order chi connectivity index (χ0) is 14.5. The zero-order valence-electron chi connectivity index (χ0n) is 11.7. The number of hydrogen-bond donors (Lipinski definition) is 1. The van der Waals surface area contributed by atoms with Crippen LogP contribution in [0.4, 0.5) is 0 Å². The van der Waals surface area contributed by atoms with Gasteiger partial charge in [0, 0.05) is 6.54 Å². The summed E-state index contributed by atoms with van der Waals surface area (Å²) in [4.78, 5) is 13.8. The lowest BCUT2D eigenvalue weighted by Gasteiger charge is -2.15. The fourth-order valence-corrected chi connectivity index (χ4v) is 2.20. The Morgan fingerprint density at radius 3 is 2.65 bits per heavy atom. The quantitative estimate of drug-likeness (QED) is 0.682. The van der Waals surface area contributed by atoms with Gasteiger partial charge in [0.1, 0.15) is 5.70 Å². The summed E-state index contributed by atoms with van der Waals surface area (Å²) in [5.41, 5.74) is 1.62. The fourth-order valence-electron chi connectivity index (χ4n) is 1.94. The molecule has 0 spiro atoms. The molecule has 3 nitrogen and oxygen atoms in total. The van der Waals surface area contributed by atoms with E-state index in [0.29, 0.717) is 23.3 Å². The molecule has 20 heavy (non-hydrogen) atoms. The normalized spacial score (nSPS) is 17.6. The second-order valence-electron chi connectivity index (χ2n) is 5.09. The predicted molar refractivity (Wildman–Crippen MR) is 85.8 cm³/mol. The van der Waals surface area contributed by atoms with E-state index in [9.17, 15) is 4.79 Å². The maximum absolute atomic E-state index is 12.2. The van der Waals surface area contributed by atoms with Crippen molar-refractivity contribution in [2.45, 2.75) is 13.8 Å². The van der Waals surface area contributed by atoms with Crippen LogP contribution >= 0.6 is 12.2 Å². The summed E-state index contributed by atoms with van der Waals surface area (Å²) in [6, 6.07) is 9.94. The Morgan fingerprint density at radius 1 is 1.30 bits per heavy atom. The summed E-state index contributed by atoms with van der Waals surface area (Å²) in [6.07, 6.45) is 5.58. The SMILES string of the molecule is CC(C)CN1C(=O)/C(=C\C=C\c2ccccc2)NC1=S. The Morgan fingerprint density at radius 2 is 2.00 bits per heavy atom. The van der Waals surface area contributed by atoms with E-state index in [4.69, 9.17) is 12.2 Å². The zero-order valence-corrected chi connectivity index (χ0v) is 12.5. The Hall–Kier alpha value is -1.94. The van der Waals surface area contributed by atoms with Gasteiger partial charge in [-0.1, -0.05) is 56.3 Å². The average Bonchev–Trinajstić information content (AvgIpc) is 2.67. The third-order valence-corrected chi connectivity index (χ3v) is 3.18. The number of rotatable bonds is 4. The molecule has 1 amide bonds. The molecule has 1 saturated heterocycles. The van der Waals surface area contributed by atoms with Gasteiger partial charge >= 0.3 is 0 Å². The molecule has 0 unspecified atom stereocenters. The largest absolute Gasteiger partial charge is 0.328 e. The van der Waals surface area contributed by atoms with Crippen LogP contribution < -0.4 is 5.32 Å². The minimum Gasteiger partial charge on any atom is -0.328 e. The van der Waals surface area contributed by atoms with Crippen LogP contribution in [0.2, 0.25) is 0 Å². The second kappa shape index (κ2) is 6.48. The molecule has 1 aromatic carbocycles. The van der Waals surface area contributed by atoms with E-state index in [0.717, 1.165) is 5.56 Å². The molecule has 1 heterocycles. The smallest absolute Gasteiger partial charge is 0.276 e. The number of nitrogens with zero attached hydrogens (tertiary/aromatic N) is 1. The number of nitrogens with one attached hydrogen (secondary N) is 1. The third-order valence-electron chi connectivity index (χ3n) is 2.86. The number of benzene rings is 1. The van der Waals surface area contributed by atoms with E-state index in [2.05, 4.69) is 19.2 Å². The van der Waals surface area contributed by atoms with Crippen LogP contribution in [0, 0.1) is 5.92 Å². The summed E-state index contributed by atoms with van der Waals surface area (Å²) < 4.78 is 0. The molecule has 1 aliphatic heterocycles. The first kappa shape index (κ1) is 14.5. The van der Waals surface area contributed by atoms with Crippen LogP contribution in [-0.2, 0) is 4.79 Å². The first-order valence-corrected chi connectivity index (χ1v) is 7.05. The highest BCUT2D eigenvalue weighted by molar-refractivity contribution is 7.80. The molecule has 0 atom stereocenters. The Labute approximate surface area is 125 Å². The Kier molecular flexibility index (Phi) is 4.69. The molecule has 104 valence electrons. The van der Waals surface area contributed by atoms with Crippen molar-refractivity contribution in [3.8, 4) is 0 Å². The maximum atomic E-state index is 12.2. The van der Waals surface area contributed by atoms with E-state index in [1.165, 1.54) is 0 Å². The molecule has 2 rings (SSSR count). The van der Waals surface area contributed by atoms with Gasteiger partial charge in [-0.15, -0.1) is 0 Å². The molecule has 0 aromatic heterocycles. The molecule has 4 heteroatoms. The van der Waals surface area contributed by atoms with Crippen LogP contribution in [0.5, 0.6) is 0 Å². The highest BCUT2D eigenvalue weighted by atomic mass is 32.1. The topological polar surface area (TPSA) is 32.3 Å². The van der Waals surface area contributed by atoms with E-state index in [-0.39, 0.29) is 5.91 Å². The van der Waals surface area contributed by atoms with Crippen molar-refractivity contribution in [2.75, 3.05) is 6.54 Å². The number of allylic oxidation sites excluding steroid dienone is 2. The predicted octanol–water partition coefficient (Wildman–Crippen LogP) is 2.96. The van der Waals surface area contributed by atoms with E-state index in [1.807, 2.05) is 42.5 Å². The van der Waals surface area contributed by atoms with Gasteiger partial charge in [0.2, 0.25) is 0 Å². The van der Waals surface area contributed by atoms with Gasteiger partial charge in [0.15, 0.2) is 5.11 Å². The van der Waals surface area contributed by atoms with E-state index in [1.54, 1.807) is 11.0 Å². The van der Waals surface area contributed by atoms with Crippen LogP contribution in [0.15, 0.2) is 48.2 Å². The van der Waals surface area contributed by atoms with Gasteiger partial charge < -0.3 is 5.32 Å². The average molecular weight is 286 g/mol. The standard InChI is InChI=1S/C16H18N2OS/c1-12(2)11-18-15(19)14(17-16(18)20)10-6-9-13-7-4-3-5-8-13/h3-10,12H,11H2,1-2H3,(H,17,20)/b9-6+,14-10+. The van der Waals surface area contributed by atoms with Crippen LogP contribution in [0.1, 0.15) is 19.4 Å². The van der Waals surface area contributed by atoms with Crippen molar-refractivity contribution in [1.29, 1.82) is 0 Å². The van der Waals surface area contributed by atoms with Gasteiger partial charge in [-0.2, -0.15) is 0 Å². The van der Waals surface area contributed by atoms with Crippen LogP contribution in [0.25, 0.3) is 6.08 Å². The molecule has 0 saturated carbocycles. The molecule has 0 radical (unpaired) electrons. The monoisotopic (exact) mass is 286 g/mol. The molecule has 1 N–H and O–H groups in total. The van der Waals surface area contributed by atoms with E-state index < -0.39 is 0 Å². The number of amides is 1. The first-order chi connectivity index (χ1) is 9.58. The molecular weight excluding hydrogens is 268 g/mol. The molecule has 1 aromatic rings. The summed E-state index contributed by atoms with van der Waals surface area (Å²) in [6.45, 7) is 4.77. The number of carbonyl (C=O) groups is 1. The van der Waals surface area contributed by atoms with Crippen molar-refractivity contribution in [2.24, 2.45) is 5.92 Å². The minimum absolute atomic E-state index is 0.0542. The lowest BCUT2D eigenvalue weighted by molar-refractivity contribution is -0.122.